The summed E-state index contributed by atoms with van der Waals surface area (Å²) in [4.78, 5) is 13.1. The van der Waals surface area contributed by atoms with Crippen LogP contribution in [0.15, 0.2) is 24.3 Å². The number of alkyl halides is 1. The van der Waals surface area contributed by atoms with Crippen LogP contribution in [0.2, 0.25) is 0 Å². The number of carbonyl (C=O) groups excluding carboxylic acids is 1. The zero-order chi connectivity index (χ0) is 13.5. The van der Waals surface area contributed by atoms with Gasteiger partial charge < -0.3 is 9.64 Å². The zero-order valence-electron chi connectivity index (χ0n) is 11.1. The maximum atomic E-state index is 11.5. The molecule has 3 nitrogen and oxygen atoms in total. The maximum Gasteiger partial charge on any atom is 0.240 e. The average Bonchev–Trinajstić information content (AvgIpc) is 2.38. The maximum absolute atomic E-state index is 11.5. The highest BCUT2D eigenvalue weighted by Gasteiger charge is 2.14. The van der Waals surface area contributed by atoms with Crippen LogP contribution in [0.5, 0.6) is 5.75 Å². The van der Waals surface area contributed by atoms with Crippen molar-refractivity contribution in [1.82, 2.24) is 4.90 Å². The Balaban J connectivity index is 2.34. The van der Waals surface area contributed by atoms with Gasteiger partial charge in [0.1, 0.15) is 17.7 Å². The van der Waals surface area contributed by atoms with Crippen molar-refractivity contribution < 1.29 is 9.53 Å². The second-order valence-corrected chi connectivity index (χ2v) is 4.88. The summed E-state index contributed by atoms with van der Waals surface area (Å²) in [5.74, 6) is 0.744. The van der Waals surface area contributed by atoms with Crippen molar-refractivity contribution in [2.75, 3.05) is 20.2 Å². The zero-order valence-corrected chi connectivity index (χ0v) is 11.9. The highest BCUT2D eigenvalue weighted by molar-refractivity contribution is 6.30. The fourth-order valence-corrected chi connectivity index (χ4v) is 1.70. The molecule has 100 valence electrons. The molecule has 0 heterocycles. The summed E-state index contributed by atoms with van der Waals surface area (Å²) in [6.45, 7) is 4.79. The summed E-state index contributed by atoms with van der Waals surface area (Å²) >= 11 is 5.72. The van der Waals surface area contributed by atoms with Crippen LogP contribution in [0, 0.1) is 0 Å². The van der Waals surface area contributed by atoms with E-state index in [0.717, 1.165) is 12.2 Å². The van der Waals surface area contributed by atoms with Gasteiger partial charge in [-0.15, -0.1) is 11.6 Å². The van der Waals surface area contributed by atoms with E-state index in [9.17, 15) is 4.79 Å². The third kappa shape index (κ3) is 4.57. The lowest BCUT2D eigenvalue weighted by molar-refractivity contribution is -0.129. The summed E-state index contributed by atoms with van der Waals surface area (Å²) in [6, 6.07) is 7.99. The second kappa shape index (κ2) is 7.27. The lowest BCUT2D eigenvalue weighted by atomic mass is 10.2. The first kappa shape index (κ1) is 14.8. The molecule has 1 amide bonds. The molecule has 1 aromatic carbocycles. The molecule has 1 rings (SSSR count). The molecule has 0 saturated carbocycles. The number of halogens is 1. The summed E-state index contributed by atoms with van der Waals surface area (Å²) in [5.41, 5.74) is 1.28. The molecule has 0 aliphatic rings. The molecule has 0 spiro atoms. The van der Waals surface area contributed by atoms with Crippen LogP contribution < -0.4 is 4.74 Å². The molecule has 0 aromatic heterocycles. The molecule has 0 aliphatic heterocycles. The number of carbonyl (C=O) groups is 1. The Morgan fingerprint density at radius 1 is 1.39 bits per heavy atom. The standard InChI is InChI=1S/C14H20ClNO2/c1-4-12-5-7-13(8-6-12)18-10-9-16(3)14(17)11(2)15/h5-8,11H,4,9-10H2,1-3H3. The molecule has 0 radical (unpaired) electrons. The normalized spacial score (nSPS) is 12.0. The van der Waals surface area contributed by atoms with E-state index in [2.05, 4.69) is 6.92 Å². The van der Waals surface area contributed by atoms with E-state index < -0.39 is 5.38 Å². The molecular formula is C14H20ClNO2. The number of benzene rings is 1. The number of likely N-dealkylation sites (N-methyl/N-ethyl adjacent to an activating group) is 1. The Labute approximate surface area is 114 Å². The van der Waals surface area contributed by atoms with E-state index in [4.69, 9.17) is 16.3 Å². The van der Waals surface area contributed by atoms with Crippen molar-refractivity contribution in [1.29, 1.82) is 0 Å². The molecule has 4 heteroatoms. The molecular weight excluding hydrogens is 250 g/mol. The quantitative estimate of drug-likeness (QED) is 0.743. The monoisotopic (exact) mass is 269 g/mol. The number of nitrogens with zero attached hydrogens (tertiary/aromatic N) is 1. The highest BCUT2D eigenvalue weighted by atomic mass is 35.5. The predicted octanol–water partition coefficient (Wildman–Crippen LogP) is 2.71. The fraction of sp³-hybridized carbons (Fsp3) is 0.500. The predicted molar refractivity (Wildman–Crippen MR) is 74.3 cm³/mol. The van der Waals surface area contributed by atoms with E-state index in [1.807, 2.05) is 24.3 Å². The van der Waals surface area contributed by atoms with Crippen molar-refractivity contribution in [3.05, 3.63) is 29.8 Å². The fourth-order valence-electron chi connectivity index (χ4n) is 1.54. The van der Waals surface area contributed by atoms with E-state index in [0.29, 0.717) is 13.2 Å². The Kier molecular flexibility index (Phi) is 5.99. The molecule has 1 unspecified atom stereocenters. The third-order valence-corrected chi connectivity index (χ3v) is 2.93. The van der Waals surface area contributed by atoms with Gasteiger partial charge >= 0.3 is 0 Å². The first-order valence-corrected chi connectivity index (χ1v) is 6.59. The molecule has 0 aliphatic carbocycles. The topological polar surface area (TPSA) is 29.5 Å². The van der Waals surface area contributed by atoms with Crippen molar-refractivity contribution in [3.63, 3.8) is 0 Å². The minimum Gasteiger partial charge on any atom is -0.492 e. The van der Waals surface area contributed by atoms with Gasteiger partial charge in [0, 0.05) is 7.05 Å². The van der Waals surface area contributed by atoms with Gasteiger partial charge in [-0.25, -0.2) is 0 Å². The molecule has 18 heavy (non-hydrogen) atoms. The van der Waals surface area contributed by atoms with Gasteiger partial charge in [-0.05, 0) is 31.0 Å². The van der Waals surface area contributed by atoms with Crippen molar-refractivity contribution >= 4 is 17.5 Å². The molecule has 0 N–H and O–H groups in total. The van der Waals surface area contributed by atoms with Crippen molar-refractivity contribution in [3.8, 4) is 5.75 Å². The number of aryl methyl sites for hydroxylation is 1. The first-order valence-electron chi connectivity index (χ1n) is 6.15. The summed E-state index contributed by atoms with van der Waals surface area (Å²) in [5, 5.41) is -0.487. The van der Waals surface area contributed by atoms with Gasteiger partial charge in [-0.1, -0.05) is 19.1 Å². The van der Waals surface area contributed by atoms with E-state index >= 15 is 0 Å². The largest absolute Gasteiger partial charge is 0.492 e. The first-order chi connectivity index (χ1) is 8.54. The van der Waals surface area contributed by atoms with E-state index in [-0.39, 0.29) is 5.91 Å². The van der Waals surface area contributed by atoms with Gasteiger partial charge in [0.05, 0.1) is 6.54 Å². The number of hydrogen-bond acceptors (Lipinski definition) is 2. The van der Waals surface area contributed by atoms with E-state index in [1.54, 1.807) is 18.9 Å². The van der Waals surface area contributed by atoms with Crippen LogP contribution in [-0.4, -0.2) is 36.4 Å². The van der Waals surface area contributed by atoms with Gasteiger partial charge in [0.25, 0.3) is 0 Å². The Hall–Kier alpha value is -1.22. The lowest BCUT2D eigenvalue weighted by Gasteiger charge is -2.18. The van der Waals surface area contributed by atoms with Gasteiger partial charge in [0.2, 0.25) is 5.91 Å². The summed E-state index contributed by atoms with van der Waals surface area (Å²) in [7, 11) is 1.73. The number of amides is 1. The van der Waals surface area contributed by atoms with E-state index in [1.165, 1.54) is 5.56 Å². The molecule has 0 bridgehead atoms. The Bertz CT molecular complexity index is 376. The number of ether oxygens (including phenoxy) is 1. The van der Waals surface area contributed by atoms with Crippen LogP contribution in [-0.2, 0) is 11.2 Å². The third-order valence-electron chi connectivity index (χ3n) is 2.74. The molecule has 0 saturated heterocycles. The second-order valence-electron chi connectivity index (χ2n) is 4.22. The van der Waals surface area contributed by atoms with Crippen LogP contribution in [0.4, 0.5) is 0 Å². The summed E-state index contributed by atoms with van der Waals surface area (Å²) in [6.07, 6.45) is 1.02. The van der Waals surface area contributed by atoms with Crippen LogP contribution in [0.3, 0.4) is 0 Å². The number of rotatable bonds is 6. The highest BCUT2D eigenvalue weighted by Crippen LogP contribution is 2.12. The molecule has 1 atom stereocenters. The van der Waals surface area contributed by atoms with Crippen LogP contribution >= 0.6 is 11.6 Å². The van der Waals surface area contributed by atoms with Crippen LogP contribution in [0.1, 0.15) is 19.4 Å². The SMILES string of the molecule is CCc1ccc(OCCN(C)C(=O)C(C)Cl)cc1. The smallest absolute Gasteiger partial charge is 0.240 e. The van der Waals surface area contributed by atoms with Crippen LogP contribution in [0.25, 0.3) is 0 Å². The Morgan fingerprint density at radius 2 is 2.00 bits per heavy atom. The van der Waals surface area contributed by atoms with Crippen molar-refractivity contribution in [2.24, 2.45) is 0 Å². The molecule has 1 aromatic rings. The lowest BCUT2D eigenvalue weighted by Crippen LogP contribution is -2.35. The van der Waals surface area contributed by atoms with Crippen molar-refractivity contribution in [2.45, 2.75) is 25.6 Å². The minimum atomic E-state index is -0.487. The van der Waals surface area contributed by atoms with Gasteiger partial charge in [-0.2, -0.15) is 0 Å². The number of hydrogen-bond donors (Lipinski definition) is 0. The molecule has 0 fully saturated rings. The average molecular weight is 270 g/mol. The minimum absolute atomic E-state index is 0.0819. The Morgan fingerprint density at radius 3 is 2.50 bits per heavy atom. The van der Waals surface area contributed by atoms with Gasteiger partial charge in [-0.3, -0.25) is 4.79 Å². The van der Waals surface area contributed by atoms with Gasteiger partial charge in [0.15, 0.2) is 0 Å². The summed E-state index contributed by atoms with van der Waals surface area (Å²) < 4.78 is 5.57.